The summed E-state index contributed by atoms with van der Waals surface area (Å²) in [5.74, 6) is -1.50. The van der Waals surface area contributed by atoms with Gasteiger partial charge in [-0.1, -0.05) is 30.3 Å². The van der Waals surface area contributed by atoms with Crippen LogP contribution < -0.4 is 0 Å². The van der Waals surface area contributed by atoms with E-state index < -0.39 is 12.1 Å². The van der Waals surface area contributed by atoms with Crippen molar-refractivity contribution in [1.82, 2.24) is 24.5 Å². The maximum atomic E-state index is 12.2. The number of methoxy groups -OCH3 is 4. The second-order valence-electron chi connectivity index (χ2n) is 10.7. The fraction of sp³-hybridized carbons (Fsp3) is 0.667. The molecule has 0 amide bonds. The molecule has 0 spiro atoms. The Morgan fingerprint density at radius 1 is 0.659 bits per heavy atom. The third-order valence-electron chi connectivity index (χ3n) is 7.44. The molecule has 1 saturated heterocycles. The molecule has 2 rings (SSSR count). The monoisotopic (exact) mass is 623 g/mol. The van der Waals surface area contributed by atoms with Crippen molar-refractivity contribution in [3.63, 3.8) is 0 Å². The van der Waals surface area contributed by atoms with E-state index in [2.05, 4.69) is 4.90 Å². The number of ether oxygens (including phenoxy) is 4. The average molecular weight is 624 g/mol. The molecule has 0 radical (unpaired) electrons. The van der Waals surface area contributed by atoms with Crippen LogP contribution in [0.5, 0.6) is 0 Å². The average Bonchev–Trinajstić information content (AvgIpc) is 3.01. The van der Waals surface area contributed by atoms with Gasteiger partial charge in [0.25, 0.3) is 0 Å². The van der Waals surface area contributed by atoms with Crippen molar-refractivity contribution in [2.45, 2.75) is 12.6 Å². The van der Waals surface area contributed by atoms with Crippen LogP contribution in [0.25, 0.3) is 0 Å². The highest BCUT2D eigenvalue weighted by Crippen LogP contribution is 2.08. The summed E-state index contributed by atoms with van der Waals surface area (Å²) in [6.07, 6.45) is -0.796. The quantitative estimate of drug-likeness (QED) is 0.195. The van der Waals surface area contributed by atoms with E-state index in [-0.39, 0.29) is 50.6 Å². The van der Waals surface area contributed by atoms with Gasteiger partial charge >= 0.3 is 23.9 Å². The maximum absolute atomic E-state index is 12.2. The summed E-state index contributed by atoms with van der Waals surface area (Å²) in [6.45, 7) is 5.28. The minimum absolute atomic E-state index is 0.0321. The van der Waals surface area contributed by atoms with Gasteiger partial charge in [-0.3, -0.25) is 43.7 Å². The van der Waals surface area contributed by atoms with E-state index >= 15 is 0 Å². The minimum Gasteiger partial charge on any atom is -0.468 e. The lowest BCUT2D eigenvalue weighted by molar-refractivity contribution is -0.144. The normalized spacial score (nSPS) is 17.2. The fourth-order valence-corrected chi connectivity index (χ4v) is 4.90. The zero-order valence-electron chi connectivity index (χ0n) is 26.5. The first-order chi connectivity index (χ1) is 21.1. The van der Waals surface area contributed by atoms with E-state index in [1.54, 1.807) is 0 Å². The van der Waals surface area contributed by atoms with Gasteiger partial charge in [0, 0.05) is 72.0 Å². The van der Waals surface area contributed by atoms with Crippen molar-refractivity contribution in [3.8, 4) is 0 Å². The van der Waals surface area contributed by atoms with Crippen LogP contribution in [0.2, 0.25) is 0 Å². The SMILES string of the molecule is COC(=O)CN1CCN(CC(=O)OC)CCN(CC(O)CN(CC(=O)OC)Cc2ccccc2)CCN(CC(=O)OC)CC1. The Balaban J connectivity index is 2.19. The molecular weight excluding hydrogens is 574 g/mol. The molecule has 14 nitrogen and oxygen atoms in total. The fourth-order valence-electron chi connectivity index (χ4n) is 4.90. The lowest BCUT2D eigenvalue weighted by Crippen LogP contribution is -2.50. The largest absolute Gasteiger partial charge is 0.468 e. The number of rotatable bonds is 14. The van der Waals surface area contributed by atoms with Crippen LogP contribution in [-0.2, 0) is 44.7 Å². The number of β-amino-alcohol motifs (C(OH)–C–C–N with tert-alkyl or cyclic N) is 1. The molecule has 1 N–H and O–H groups in total. The molecule has 1 fully saturated rings. The van der Waals surface area contributed by atoms with Crippen LogP contribution >= 0.6 is 0 Å². The van der Waals surface area contributed by atoms with Crippen LogP contribution in [-0.4, -0.2) is 180 Å². The van der Waals surface area contributed by atoms with E-state index in [0.717, 1.165) is 5.56 Å². The van der Waals surface area contributed by atoms with Crippen LogP contribution in [0.15, 0.2) is 30.3 Å². The van der Waals surface area contributed by atoms with Gasteiger partial charge in [-0.05, 0) is 5.56 Å². The van der Waals surface area contributed by atoms with Gasteiger partial charge in [-0.25, -0.2) is 0 Å². The molecule has 1 unspecified atom stereocenters. The third kappa shape index (κ3) is 15.0. The van der Waals surface area contributed by atoms with Crippen molar-refractivity contribution >= 4 is 23.9 Å². The molecule has 0 aromatic heterocycles. The molecule has 1 aliphatic rings. The molecule has 14 heteroatoms. The minimum atomic E-state index is -0.796. The number of hydrogen-bond donors (Lipinski definition) is 1. The maximum Gasteiger partial charge on any atom is 0.319 e. The van der Waals surface area contributed by atoms with Gasteiger partial charge in [-0.15, -0.1) is 0 Å². The number of hydrogen-bond acceptors (Lipinski definition) is 14. The second kappa shape index (κ2) is 20.7. The molecule has 1 aromatic rings. The Bertz CT molecular complexity index is 982. The molecule has 1 aliphatic heterocycles. The van der Waals surface area contributed by atoms with E-state index in [4.69, 9.17) is 18.9 Å². The van der Waals surface area contributed by atoms with Crippen LogP contribution in [0.4, 0.5) is 0 Å². The first kappa shape index (κ1) is 37.0. The van der Waals surface area contributed by atoms with Gasteiger partial charge in [0.1, 0.15) is 0 Å². The number of aliphatic hydroxyl groups is 1. The Hall–Kier alpha value is -3.14. The van der Waals surface area contributed by atoms with E-state index in [0.29, 0.717) is 65.4 Å². The number of benzene rings is 1. The summed E-state index contributed by atoms with van der Waals surface area (Å²) in [4.78, 5) is 58.4. The van der Waals surface area contributed by atoms with Crippen molar-refractivity contribution < 1.29 is 43.2 Å². The van der Waals surface area contributed by atoms with Crippen molar-refractivity contribution in [2.24, 2.45) is 0 Å². The molecule has 248 valence electrons. The number of carbonyl (C=O) groups excluding carboxylic acids is 4. The molecule has 0 saturated carbocycles. The lowest BCUT2D eigenvalue weighted by atomic mass is 10.2. The van der Waals surface area contributed by atoms with Gasteiger partial charge in [0.2, 0.25) is 0 Å². The Morgan fingerprint density at radius 3 is 1.43 bits per heavy atom. The zero-order valence-corrected chi connectivity index (χ0v) is 26.5. The van der Waals surface area contributed by atoms with Crippen LogP contribution in [0, 0.1) is 0 Å². The van der Waals surface area contributed by atoms with Gasteiger partial charge in [-0.2, -0.15) is 0 Å². The van der Waals surface area contributed by atoms with Crippen molar-refractivity contribution in [3.05, 3.63) is 35.9 Å². The summed E-state index contributed by atoms with van der Waals surface area (Å²) in [5, 5.41) is 11.2. The standard InChI is InChI=1S/C30H49N5O9/c1-41-27(37)21-32-12-10-31(19-26(36)20-35(24-30(40)44-4)18-25-8-6-5-7-9-25)11-13-33(22-28(38)42-2)15-17-34(16-14-32)23-29(39)43-3/h5-9,26,36H,10-24H2,1-4H3. The van der Waals surface area contributed by atoms with Gasteiger partial charge in [0.15, 0.2) is 0 Å². The number of carbonyl (C=O) groups is 4. The van der Waals surface area contributed by atoms with Gasteiger partial charge < -0.3 is 24.1 Å². The molecule has 1 heterocycles. The van der Waals surface area contributed by atoms with E-state index in [1.807, 2.05) is 49.9 Å². The Morgan fingerprint density at radius 2 is 1.05 bits per heavy atom. The molecule has 1 aromatic carbocycles. The highest BCUT2D eigenvalue weighted by atomic mass is 16.5. The molecule has 0 aliphatic carbocycles. The summed E-state index contributed by atoms with van der Waals surface area (Å²) in [5.41, 5.74) is 1.01. The number of nitrogens with zero attached hydrogens (tertiary/aromatic N) is 5. The van der Waals surface area contributed by atoms with Gasteiger partial charge in [0.05, 0.1) is 60.7 Å². The highest BCUT2D eigenvalue weighted by Gasteiger charge is 2.23. The molecule has 0 bridgehead atoms. The number of aliphatic hydroxyl groups excluding tert-OH is 1. The Labute approximate surface area is 260 Å². The zero-order chi connectivity index (χ0) is 32.3. The highest BCUT2D eigenvalue weighted by molar-refractivity contribution is 5.72. The molecular formula is C30H49N5O9. The van der Waals surface area contributed by atoms with Crippen molar-refractivity contribution in [2.75, 3.05) is 120 Å². The summed E-state index contributed by atoms with van der Waals surface area (Å²) >= 11 is 0. The topological polar surface area (TPSA) is 142 Å². The molecule has 1 atom stereocenters. The number of esters is 4. The summed E-state index contributed by atoms with van der Waals surface area (Å²) in [6, 6.07) is 9.70. The predicted molar refractivity (Wildman–Crippen MR) is 162 cm³/mol. The second-order valence-corrected chi connectivity index (χ2v) is 10.7. The van der Waals surface area contributed by atoms with E-state index in [1.165, 1.54) is 28.4 Å². The molecule has 44 heavy (non-hydrogen) atoms. The third-order valence-corrected chi connectivity index (χ3v) is 7.44. The first-order valence-corrected chi connectivity index (χ1v) is 14.8. The first-order valence-electron chi connectivity index (χ1n) is 14.8. The summed E-state index contributed by atoms with van der Waals surface area (Å²) in [7, 11) is 5.36. The van der Waals surface area contributed by atoms with Crippen molar-refractivity contribution in [1.29, 1.82) is 0 Å². The predicted octanol–water partition coefficient (Wildman–Crippen LogP) is -1.24. The Kier molecular flexibility index (Phi) is 17.5. The summed E-state index contributed by atoms with van der Waals surface area (Å²) < 4.78 is 19.6. The van der Waals surface area contributed by atoms with E-state index in [9.17, 15) is 24.3 Å². The lowest BCUT2D eigenvalue weighted by Gasteiger charge is -2.34. The van der Waals surface area contributed by atoms with Crippen LogP contribution in [0.1, 0.15) is 5.56 Å². The smallest absolute Gasteiger partial charge is 0.319 e. The van der Waals surface area contributed by atoms with Crippen LogP contribution in [0.3, 0.4) is 0 Å².